The highest BCUT2D eigenvalue weighted by atomic mass is 32.1. The van der Waals surface area contributed by atoms with Crippen molar-refractivity contribution in [3.05, 3.63) is 48.0 Å². The lowest BCUT2D eigenvalue weighted by atomic mass is 10.2. The molecule has 1 aromatic heterocycles. The van der Waals surface area contributed by atoms with Gasteiger partial charge in [-0.05, 0) is 49.4 Å². The van der Waals surface area contributed by atoms with E-state index in [1.54, 1.807) is 37.4 Å². The summed E-state index contributed by atoms with van der Waals surface area (Å²) in [5.41, 5.74) is 7.20. The number of nitrogens with two attached hydrogens (primary N) is 1. The summed E-state index contributed by atoms with van der Waals surface area (Å²) < 4.78 is 11.2. The molecule has 0 aliphatic carbocycles. The van der Waals surface area contributed by atoms with Crippen LogP contribution in [0, 0.1) is 0 Å². The van der Waals surface area contributed by atoms with Crippen molar-refractivity contribution < 1.29 is 19.1 Å². The Balaban J connectivity index is 1.65. The fourth-order valence-corrected chi connectivity index (χ4v) is 3.09. The number of carbonyl (C=O) groups excluding carboxylic acids is 2. The van der Waals surface area contributed by atoms with Gasteiger partial charge >= 0.3 is 5.97 Å². The van der Waals surface area contributed by atoms with E-state index in [1.807, 2.05) is 12.1 Å². The lowest BCUT2D eigenvalue weighted by Gasteiger charge is -2.12. The Hall–Kier alpha value is -3.13. The topological polar surface area (TPSA) is 104 Å². The van der Waals surface area contributed by atoms with Crippen LogP contribution in [0.15, 0.2) is 42.5 Å². The quantitative estimate of drug-likeness (QED) is 0.528. The minimum absolute atomic E-state index is 0.325. The number of amides is 1. The van der Waals surface area contributed by atoms with Gasteiger partial charge in [0.2, 0.25) is 0 Å². The normalized spacial score (nSPS) is 11.8. The number of methoxy groups -OCH3 is 1. The number of fused-ring (bicyclic) bond motifs is 1. The molecule has 0 spiro atoms. The molecule has 1 atom stereocenters. The molecular weight excluding hydrogens is 354 g/mol. The van der Waals surface area contributed by atoms with E-state index in [0.29, 0.717) is 22.1 Å². The van der Waals surface area contributed by atoms with Gasteiger partial charge in [-0.25, -0.2) is 9.78 Å². The van der Waals surface area contributed by atoms with Crippen LogP contribution in [0.1, 0.15) is 17.3 Å². The van der Waals surface area contributed by atoms with Crippen molar-refractivity contribution >= 4 is 44.2 Å². The molecule has 1 heterocycles. The molecule has 0 fully saturated rings. The molecule has 2 aromatic carbocycles. The van der Waals surface area contributed by atoms with E-state index in [1.165, 1.54) is 18.3 Å². The first-order valence-electron chi connectivity index (χ1n) is 7.78. The number of carbonyl (C=O) groups is 2. The van der Waals surface area contributed by atoms with Crippen LogP contribution in [0.3, 0.4) is 0 Å². The third-order valence-corrected chi connectivity index (χ3v) is 4.56. The molecule has 0 aliphatic heterocycles. The maximum absolute atomic E-state index is 12.3. The Morgan fingerprint density at radius 3 is 2.62 bits per heavy atom. The molecular formula is C18H17N3O4S. The summed E-state index contributed by atoms with van der Waals surface area (Å²) in [7, 11) is 1.59. The second-order valence-corrected chi connectivity index (χ2v) is 6.54. The van der Waals surface area contributed by atoms with Crippen LogP contribution in [-0.4, -0.2) is 30.1 Å². The number of nitrogen functional groups attached to an aromatic ring is 1. The third kappa shape index (κ3) is 3.92. The Labute approximate surface area is 153 Å². The van der Waals surface area contributed by atoms with Gasteiger partial charge in [0, 0.05) is 5.69 Å². The number of benzene rings is 2. The Morgan fingerprint density at radius 1 is 1.19 bits per heavy atom. The zero-order chi connectivity index (χ0) is 18.7. The van der Waals surface area contributed by atoms with Crippen molar-refractivity contribution in [2.24, 2.45) is 0 Å². The number of hydrogen-bond acceptors (Lipinski definition) is 7. The number of thiazole rings is 1. The van der Waals surface area contributed by atoms with Crippen molar-refractivity contribution in [2.75, 3.05) is 18.2 Å². The van der Waals surface area contributed by atoms with E-state index >= 15 is 0 Å². The van der Waals surface area contributed by atoms with Crippen molar-refractivity contribution in [3.63, 3.8) is 0 Å². The van der Waals surface area contributed by atoms with Crippen LogP contribution in [0.5, 0.6) is 5.75 Å². The number of nitrogens with one attached hydrogen (secondary N) is 1. The first-order valence-corrected chi connectivity index (χ1v) is 8.60. The second kappa shape index (κ2) is 7.40. The van der Waals surface area contributed by atoms with Crippen molar-refractivity contribution in [2.45, 2.75) is 13.0 Å². The number of aromatic nitrogens is 1. The van der Waals surface area contributed by atoms with Crippen LogP contribution < -0.4 is 15.8 Å². The molecule has 7 nitrogen and oxygen atoms in total. The second-order valence-electron chi connectivity index (χ2n) is 5.51. The Kier molecular flexibility index (Phi) is 5.04. The van der Waals surface area contributed by atoms with Gasteiger partial charge in [-0.2, -0.15) is 0 Å². The molecule has 26 heavy (non-hydrogen) atoms. The lowest BCUT2D eigenvalue weighted by Crippen LogP contribution is -2.29. The van der Waals surface area contributed by atoms with Gasteiger partial charge in [0.05, 0.1) is 22.9 Å². The van der Waals surface area contributed by atoms with Gasteiger partial charge in [0.1, 0.15) is 5.75 Å². The highest BCUT2D eigenvalue weighted by Gasteiger charge is 2.20. The molecule has 3 N–H and O–H groups in total. The summed E-state index contributed by atoms with van der Waals surface area (Å²) in [5, 5.41) is 3.09. The lowest BCUT2D eigenvalue weighted by molar-refractivity contribution is -0.123. The Bertz CT molecular complexity index is 953. The van der Waals surface area contributed by atoms with Gasteiger partial charge < -0.3 is 15.2 Å². The van der Waals surface area contributed by atoms with Gasteiger partial charge in [-0.1, -0.05) is 11.3 Å². The molecule has 1 amide bonds. The first kappa shape index (κ1) is 17.7. The number of nitrogens with zero attached hydrogens (tertiary/aromatic N) is 1. The first-order chi connectivity index (χ1) is 12.5. The molecule has 0 saturated heterocycles. The number of anilines is 2. The van der Waals surface area contributed by atoms with Crippen molar-refractivity contribution in [1.29, 1.82) is 0 Å². The number of esters is 1. The van der Waals surface area contributed by atoms with Crippen LogP contribution in [0.25, 0.3) is 10.2 Å². The molecule has 0 radical (unpaired) electrons. The SMILES string of the molecule is COc1ccc2nc(NC(=O)C(C)OC(=O)c3ccc(N)cc3)sc2c1. The predicted octanol–water partition coefficient (Wildman–Crippen LogP) is 3.07. The summed E-state index contributed by atoms with van der Waals surface area (Å²) in [4.78, 5) is 28.7. The summed E-state index contributed by atoms with van der Waals surface area (Å²) in [5.74, 6) is -0.341. The molecule has 0 aliphatic rings. The summed E-state index contributed by atoms with van der Waals surface area (Å²) in [6, 6.07) is 11.7. The van der Waals surface area contributed by atoms with E-state index in [4.69, 9.17) is 15.2 Å². The van der Waals surface area contributed by atoms with E-state index in [2.05, 4.69) is 10.3 Å². The third-order valence-electron chi connectivity index (χ3n) is 3.63. The van der Waals surface area contributed by atoms with Gasteiger partial charge in [0.25, 0.3) is 5.91 Å². The predicted molar refractivity (Wildman–Crippen MR) is 101 cm³/mol. The molecule has 8 heteroatoms. The highest BCUT2D eigenvalue weighted by Crippen LogP contribution is 2.29. The molecule has 0 saturated carbocycles. The van der Waals surface area contributed by atoms with E-state index in [0.717, 1.165) is 10.2 Å². The van der Waals surface area contributed by atoms with Gasteiger partial charge in [-0.3, -0.25) is 10.1 Å². The summed E-state index contributed by atoms with van der Waals surface area (Å²) in [6.07, 6.45) is -0.971. The van der Waals surface area contributed by atoms with Crippen LogP contribution in [0.2, 0.25) is 0 Å². The smallest absolute Gasteiger partial charge is 0.338 e. The number of rotatable bonds is 5. The molecule has 3 rings (SSSR count). The molecule has 0 bridgehead atoms. The van der Waals surface area contributed by atoms with Crippen LogP contribution in [-0.2, 0) is 9.53 Å². The standard InChI is InChI=1S/C18H17N3O4S/c1-10(25-17(23)11-3-5-12(19)6-4-11)16(22)21-18-20-14-8-7-13(24-2)9-15(14)26-18/h3-10H,19H2,1-2H3,(H,20,21,22). The summed E-state index contributed by atoms with van der Waals surface area (Å²) in [6.45, 7) is 1.50. The van der Waals surface area contributed by atoms with Gasteiger partial charge in [-0.15, -0.1) is 0 Å². The molecule has 134 valence electrons. The van der Waals surface area contributed by atoms with E-state index < -0.39 is 18.0 Å². The highest BCUT2D eigenvalue weighted by molar-refractivity contribution is 7.22. The maximum atomic E-state index is 12.3. The maximum Gasteiger partial charge on any atom is 0.338 e. The fraction of sp³-hybridized carbons (Fsp3) is 0.167. The molecule has 3 aromatic rings. The minimum Gasteiger partial charge on any atom is -0.497 e. The largest absolute Gasteiger partial charge is 0.497 e. The average molecular weight is 371 g/mol. The number of hydrogen-bond donors (Lipinski definition) is 2. The van der Waals surface area contributed by atoms with E-state index in [-0.39, 0.29) is 0 Å². The zero-order valence-electron chi connectivity index (χ0n) is 14.2. The Morgan fingerprint density at radius 2 is 1.92 bits per heavy atom. The zero-order valence-corrected chi connectivity index (χ0v) is 15.0. The van der Waals surface area contributed by atoms with Gasteiger partial charge in [0.15, 0.2) is 11.2 Å². The van der Waals surface area contributed by atoms with Crippen molar-refractivity contribution in [3.8, 4) is 5.75 Å². The fourth-order valence-electron chi connectivity index (χ4n) is 2.19. The average Bonchev–Trinajstić information content (AvgIpc) is 3.03. The van der Waals surface area contributed by atoms with Crippen molar-refractivity contribution in [1.82, 2.24) is 4.98 Å². The summed E-state index contributed by atoms with van der Waals surface area (Å²) >= 11 is 1.31. The van der Waals surface area contributed by atoms with E-state index in [9.17, 15) is 9.59 Å². The minimum atomic E-state index is -0.971. The number of ether oxygens (including phenoxy) is 2. The monoisotopic (exact) mass is 371 g/mol. The van der Waals surface area contributed by atoms with Crippen LogP contribution in [0.4, 0.5) is 10.8 Å². The van der Waals surface area contributed by atoms with Crippen LogP contribution >= 0.6 is 11.3 Å². The molecule has 1 unspecified atom stereocenters.